The van der Waals surface area contributed by atoms with Gasteiger partial charge in [-0.25, -0.2) is 9.97 Å². The molecule has 1 aliphatic rings. The maximum atomic E-state index is 13.1. The minimum absolute atomic E-state index is 0.0650. The van der Waals surface area contributed by atoms with Crippen molar-refractivity contribution in [3.8, 4) is 28.4 Å². The van der Waals surface area contributed by atoms with Crippen LogP contribution < -0.4 is 4.74 Å². The SMILES string of the molecule is Cn1cc(-c2nc(C(=O)CC(CO)C3CCC3)cc(-c3ccc(OC(F)(F)F)cc3)n2)cn1. The van der Waals surface area contributed by atoms with Gasteiger partial charge in [-0.05, 0) is 42.2 Å². The smallest absolute Gasteiger partial charge is 0.406 e. The molecule has 0 saturated heterocycles. The van der Waals surface area contributed by atoms with Crippen molar-refractivity contribution in [2.24, 2.45) is 18.9 Å². The number of aliphatic hydroxyl groups excluding tert-OH is 1. The van der Waals surface area contributed by atoms with Crippen LogP contribution in [0.5, 0.6) is 5.75 Å². The number of alkyl halides is 3. The van der Waals surface area contributed by atoms with Crippen LogP contribution in [0.15, 0.2) is 42.7 Å². The number of carbonyl (C=O) groups excluding carboxylic acids is 1. The van der Waals surface area contributed by atoms with Crippen LogP contribution in [0.3, 0.4) is 0 Å². The van der Waals surface area contributed by atoms with Crippen molar-refractivity contribution in [2.75, 3.05) is 6.61 Å². The fourth-order valence-corrected chi connectivity index (χ4v) is 3.87. The Bertz CT molecular complexity index is 1120. The third-order valence-corrected chi connectivity index (χ3v) is 5.86. The monoisotopic (exact) mass is 460 g/mol. The largest absolute Gasteiger partial charge is 0.573 e. The molecule has 1 saturated carbocycles. The quantitative estimate of drug-likeness (QED) is 0.501. The molecule has 1 aliphatic carbocycles. The Labute approximate surface area is 188 Å². The Morgan fingerprint density at radius 3 is 2.48 bits per heavy atom. The molecule has 0 radical (unpaired) electrons. The van der Waals surface area contributed by atoms with E-state index in [-0.39, 0.29) is 42.0 Å². The van der Waals surface area contributed by atoms with Gasteiger partial charge in [0.2, 0.25) is 0 Å². The Hall–Kier alpha value is -3.27. The lowest BCUT2D eigenvalue weighted by Crippen LogP contribution is -2.27. The molecule has 1 atom stereocenters. The first-order valence-corrected chi connectivity index (χ1v) is 10.6. The molecule has 4 rings (SSSR count). The molecule has 0 aliphatic heterocycles. The number of nitrogens with zero attached hydrogens (tertiary/aromatic N) is 4. The highest BCUT2D eigenvalue weighted by Crippen LogP contribution is 2.36. The number of aryl methyl sites for hydroxylation is 1. The van der Waals surface area contributed by atoms with E-state index in [0.29, 0.717) is 22.7 Å². The van der Waals surface area contributed by atoms with Gasteiger partial charge < -0.3 is 9.84 Å². The number of rotatable bonds is 8. The minimum atomic E-state index is -4.78. The molecule has 0 spiro atoms. The van der Waals surface area contributed by atoms with Gasteiger partial charge in [-0.1, -0.05) is 19.3 Å². The predicted octanol–water partition coefficient (Wildman–Crippen LogP) is 4.42. The number of halogens is 3. The fourth-order valence-electron chi connectivity index (χ4n) is 3.87. The van der Waals surface area contributed by atoms with Gasteiger partial charge in [-0.2, -0.15) is 5.10 Å². The van der Waals surface area contributed by atoms with Gasteiger partial charge in [0.15, 0.2) is 11.6 Å². The number of hydrogen-bond donors (Lipinski definition) is 1. The van der Waals surface area contributed by atoms with Crippen LogP contribution in [0.2, 0.25) is 0 Å². The zero-order chi connectivity index (χ0) is 23.6. The van der Waals surface area contributed by atoms with Crippen molar-refractivity contribution < 1.29 is 27.8 Å². The van der Waals surface area contributed by atoms with E-state index in [1.807, 2.05) is 0 Å². The highest BCUT2D eigenvalue weighted by molar-refractivity contribution is 5.95. The Morgan fingerprint density at radius 2 is 1.94 bits per heavy atom. The van der Waals surface area contributed by atoms with Crippen molar-refractivity contribution in [3.05, 3.63) is 48.4 Å². The first kappa shape index (κ1) is 22.9. The van der Waals surface area contributed by atoms with E-state index < -0.39 is 6.36 Å². The fraction of sp³-hybridized carbons (Fsp3) is 0.391. The molecule has 3 aromatic rings. The Morgan fingerprint density at radius 1 is 1.21 bits per heavy atom. The average Bonchev–Trinajstić information content (AvgIpc) is 3.17. The summed E-state index contributed by atoms with van der Waals surface area (Å²) in [5.41, 5.74) is 1.68. The molecule has 33 heavy (non-hydrogen) atoms. The molecular formula is C23H23F3N4O3. The van der Waals surface area contributed by atoms with Crippen molar-refractivity contribution in [2.45, 2.75) is 32.0 Å². The number of benzene rings is 1. The molecule has 2 heterocycles. The predicted molar refractivity (Wildman–Crippen MR) is 113 cm³/mol. The molecule has 0 bridgehead atoms. The molecule has 0 amide bonds. The molecule has 7 nitrogen and oxygen atoms in total. The lowest BCUT2D eigenvalue weighted by atomic mass is 9.74. The number of aliphatic hydroxyl groups is 1. The van der Waals surface area contributed by atoms with Crippen LogP contribution in [-0.2, 0) is 7.05 Å². The second-order valence-corrected chi connectivity index (χ2v) is 8.20. The molecule has 1 aromatic carbocycles. The van der Waals surface area contributed by atoms with Crippen LogP contribution >= 0.6 is 0 Å². The van der Waals surface area contributed by atoms with Crippen LogP contribution in [0, 0.1) is 11.8 Å². The number of Topliss-reactive ketones (excluding diaryl/α,β-unsaturated/α-hetero) is 1. The summed E-state index contributed by atoms with van der Waals surface area (Å²) < 4.78 is 42.9. The third kappa shape index (κ3) is 5.57. The van der Waals surface area contributed by atoms with E-state index in [0.717, 1.165) is 19.3 Å². The lowest BCUT2D eigenvalue weighted by molar-refractivity contribution is -0.274. The number of hydrogen-bond acceptors (Lipinski definition) is 6. The average molecular weight is 460 g/mol. The summed E-state index contributed by atoms with van der Waals surface area (Å²) in [4.78, 5) is 22.0. The third-order valence-electron chi connectivity index (χ3n) is 5.86. The second-order valence-electron chi connectivity index (χ2n) is 8.20. The van der Waals surface area contributed by atoms with Gasteiger partial charge in [0, 0.05) is 31.8 Å². The van der Waals surface area contributed by atoms with E-state index in [2.05, 4.69) is 19.8 Å². The van der Waals surface area contributed by atoms with E-state index in [9.17, 15) is 23.1 Å². The number of ether oxygens (including phenoxy) is 1. The first-order chi connectivity index (χ1) is 15.7. The Kier molecular flexibility index (Phi) is 6.46. The summed E-state index contributed by atoms with van der Waals surface area (Å²) in [6, 6.07) is 6.78. The van der Waals surface area contributed by atoms with Crippen LogP contribution in [0.4, 0.5) is 13.2 Å². The van der Waals surface area contributed by atoms with Crippen molar-refractivity contribution in [1.29, 1.82) is 0 Å². The second kappa shape index (κ2) is 9.30. The molecular weight excluding hydrogens is 437 g/mol. The highest BCUT2D eigenvalue weighted by Gasteiger charge is 2.31. The summed E-state index contributed by atoms with van der Waals surface area (Å²) in [6.45, 7) is -0.0650. The molecule has 10 heteroatoms. The zero-order valence-corrected chi connectivity index (χ0v) is 17.9. The van der Waals surface area contributed by atoms with Crippen molar-refractivity contribution >= 4 is 5.78 Å². The Balaban J connectivity index is 1.67. The van der Waals surface area contributed by atoms with Gasteiger partial charge in [0.05, 0.1) is 17.5 Å². The summed E-state index contributed by atoms with van der Waals surface area (Å²) >= 11 is 0. The van der Waals surface area contributed by atoms with Crippen LogP contribution in [-0.4, -0.2) is 43.6 Å². The maximum absolute atomic E-state index is 13.1. The van der Waals surface area contributed by atoms with Gasteiger partial charge in [0.25, 0.3) is 0 Å². The van der Waals surface area contributed by atoms with E-state index in [4.69, 9.17) is 0 Å². The van der Waals surface area contributed by atoms with Crippen molar-refractivity contribution in [3.63, 3.8) is 0 Å². The molecule has 2 aromatic heterocycles. The molecule has 1 N–H and O–H groups in total. The van der Waals surface area contributed by atoms with Gasteiger partial charge >= 0.3 is 6.36 Å². The van der Waals surface area contributed by atoms with E-state index in [1.165, 1.54) is 30.3 Å². The van der Waals surface area contributed by atoms with Crippen LogP contribution in [0.25, 0.3) is 22.6 Å². The number of carbonyl (C=O) groups is 1. The molecule has 1 fully saturated rings. The number of ketones is 1. The maximum Gasteiger partial charge on any atom is 0.573 e. The van der Waals surface area contributed by atoms with Gasteiger partial charge in [0.1, 0.15) is 11.4 Å². The summed E-state index contributed by atoms with van der Waals surface area (Å²) in [5.74, 6) is -0.0737. The van der Waals surface area contributed by atoms with Gasteiger partial charge in [-0.3, -0.25) is 9.48 Å². The summed E-state index contributed by atoms with van der Waals surface area (Å²) in [5, 5.41) is 13.9. The summed E-state index contributed by atoms with van der Waals surface area (Å²) in [7, 11) is 1.74. The topological polar surface area (TPSA) is 90.1 Å². The van der Waals surface area contributed by atoms with Crippen LogP contribution in [0.1, 0.15) is 36.2 Å². The van der Waals surface area contributed by atoms with Crippen molar-refractivity contribution in [1.82, 2.24) is 19.7 Å². The normalized spacial score (nSPS) is 15.2. The first-order valence-electron chi connectivity index (χ1n) is 10.6. The highest BCUT2D eigenvalue weighted by atomic mass is 19.4. The standard InChI is InChI=1S/C23H23F3N4O3/c1-30-12-17(11-27-30)22-28-19(15-5-7-18(8-6-15)33-23(24,25)26)10-20(29-22)21(32)9-16(13-31)14-3-2-4-14/h5-8,10-12,14,16,31H,2-4,9,13H2,1H3. The van der Waals surface area contributed by atoms with Gasteiger partial charge in [-0.15, -0.1) is 13.2 Å². The van der Waals surface area contributed by atoms with E-state index in [1.54, 1.807) is 24.1 Å². The molecule has 174 valence electrons. The lowest BCUT2D eigenvalue weighted by Gasteiger charge is -2.32. The number of aromatic nitrogens is 4. The molecule has 1 unspecified atom stereocenters. The van der Waals surface area contributed by atoms with E-state index >= 15 is 0 Å². The zero-order valence-electron chi connectivity index (χ0n) is 17.9. The summed E-state index contributed by atoms with van der Waals surface area (Å²) in [6.07, 6.45) is 1.76. The minimum Gasteiger partial charge on any atom is -0.406 e.